The Morgan fingerprint density at radius 2 is 2.37 bits per heavy atom. The number of hydrogen-bond donors (Lipinski definition) is 0. The zero-order valence-corrected chi connectivity index (χ0v) is 11.9. The van der Waals surface area contributed by atoms with E-state index in [2.05, 4.69) is 22.0 Å². The van der Waals surface area contributed by atoms with Gasteiger partial charge in [0.15, 0.2) is 0 Å². The van der Waals surface area contributed by atoms with Crippen molar-refractivity contribution in [3.8, 4) is 6.07 Å². The Morgan fingerprint density at radius 3 is 2.95 bits per heavy atom. The van der Waals surface area contributed by atoms with Crippen LogP contribution in [0.3, 0.4) is 0 Å². The van der Waals surface area contributed by atoms with Crippen LogP contribution in [0, 0.1) is 26.9 Å². The molecule has 1 fully saturated rings. The van der Waals surface area contributed by atoms with Crippen LogP contribution in [0.15, 0.2) is 22.7 Å². The summed E-state index contributed by atoms with van der Waals surface area (Å²) < 4.78 is 6.03. The number of halogens is 1. The third-order valence-electron chi connectivity index (χ3n) is 3.33. The van der Waals surface area contributed by atoms with Gasteiger partial charge in [0.1, 0.15) is 0 Å². The van der Waals surface area contributed by atoms with Gasteiger partial charge in [-0.1, -0.05) is 22.0 Å². The Hall–Kier alpha value is -1.45. The van der Waals surface area contributed by atoms with Gasteiger partial charge in [0.05, 0.1) is 23.0 Å². The van der Waals surface area contributed by atoms with E-state index < -0.39 is 10.3 Å². The van der Waals surface area contributed by atoms with E-state index in [1.54, 1.807) is 12.1 Å². The molecule has 2 rings (SSSR count). The summed E-state index contributed by atoms with van der Waals surface area (Å²) in [5, 5.41) is 20.5. The lowest BCUT2D eigenvalue weighted by molar-refractivity contribution is -0.385. The average molecular weight is 325 g/mol. The molecule has 1 atom stereocenters. The van der Waals surface area contributed by atoms with Crippen molar-refractivity contribution in [2.24, 2.45) is 5.41 Å². The van der Waals surface area contributed by atoms with E-state index in [1.165, 1.54) is 6.07 Å². The van der Waals surface area contributed by atoms with Gasteiger partial charge >= 0.3 is 0 Å². The predicted molar refractivity (Wildman–Crippen MR) is 72.6 cm³/mol. The number of benzene rings is 1. The lowest BCUT2D eigenvalue weighted by Gasteiger charge is -2.30. The number of hydrogen-bond acceptors (Lipinski definition) is 4. The van der Waals surface area contributed by atoms with Gasteiger partial charge in [0.2, 0.25) is 0 Å². The lowest BCUT2D eigenvalue weighted by atomic mass is 9.78. The quantitative estimate of drug-likeness (QED) is 0.631. The number of rotatable bonds is 3. The molecule has 1 aliphatic heterocycles. The summed E-state index contributed by atoms with van der Waals surface area (Å²) in [6.45, 7) is 1.00. The molecule has 0 amide bonds. The zero-order valence-electron chi connectivity index (χ0n) is 10.3. The first-order valence-electron chi connectivity index (χ1n) is 5.98. The second-order valence-corrected chi connectivity index (χ2v) is 5.67. The molecule has 100 valence electrons. The molecule has 6 heteroatoms. The van der Waals surface area contributed by atoms with Gasteiger partial charge in [-0.05, 0) is 25.3 Å². The second kappa shape index (κ2) is 5.68. The van der Waals surface area contributed by atoms with E-state index in [4.69, 9.17) is 4.74 Å². The molecule has 0 aliphatic carbocycles. The smallest absolute Gasteiger partial charge is 0.273 e. The van der Waals surface area contributed by atoms with Crippen LogP contribution in [0.2, 0.25) is 0 Å². The first-order chi connectivity index (χ1) is 9.06. The normalized spacial score (nSPS) is 22.7. The molecule has 19 heavy (non-hydrogen) atoms. The Balaban J connectivity index is 2.32. The molecular formula is C13H13BrN2O3. The Labute approximate surface area is 119 Å². The van der Waals surface area contributed by atoms with Gasteiger partial charge in [-0.25, -0.2) is 0 Å². The number of nitro groups is 1. The van der Waals surface area contributed by atoms with Gasteiger partial charge in [-0.2, -0.15) is 5.26 Å². The van der Waals surface area contributed by atoms with Gasteiger partial charge in [0.25, 0.3) is 5.69 Å². The largest absolute Gasteiger partial charge is 0.380 e. The monoisotopic (exact) mass is 324 g/mol. The maximum Gasteiger partial charge on any atom is 0.273 e. The fourth-order valence-corrected chi connectivity index (χ4v) is 2.69. The van der Waals surface area contributed by atoms with Gasteiger partial charge in [0, 0.05) is 22.7 Å². The highest BCUT2D eigenvalue weighted by Gasteiger charge is 2.35. The van der Waals surface area contributed by atoms with Crippen molar-refractivity contribution in [1.29, 1.82) is 5.26 Å². The zero-order chi connectivity index (χ0) is 13.9. The van der Waals surface area contributed by atoms with E-state index >= 15 is 0 Å². The summed E-state index contributed by atoms with van der Waals surface area (Å²) in [4.78, 5) is 10.7. The number of nitrogens with zero attached hydrogens (tertiary/aromatic N) is 2. The SMILES string of the molecule is N#CC1(Cc2ccc(Br)cc2[N+](=O)[O-])CCCOC1. The summed E-state index contributed by atoms with van der Waals surface area (Å²) in [7, 11) is 0. The van der Waals surface area contributed by atoms with Crippen molar-refractivity contribution < 1.29 is 9.66 Å². The minimum atomic E-state index is -0.642. The first kappa shape index (κ1) is 14.0. The van der Waals surface area contributed by atoms with Crippen molar-refractivity contribution in [2.75, 3.05) is 13.2 Å². The first-order valence-corrected chi connectivity index (χ1v) is 6.77. The highest BCUT2D eigenvalue weighted by molar-refractivity contribution is 9.10. The van der Waals surface area contributed by atoms with Crippen LogP contribution in [-0.2, 0) is 11.2 Å². The lowest BCUT2D eigenvalue weighted by Crippen LogP contribution is -2.32. The van der Waals surface area contributed by atoms with Crippen LogP contribution in [0.1, 0.15) is 18.4 Å². The maximum absolute atomic E-state index is 11.1. The van der Waals surface area contributed by atoms with Crippen LogP contribution < -0.4 is 0 Å². The molecule has 0 aromatic heterocycles. The molecule has 1 aromatic carbocycles. The maximum atomic E-state index is 11.1. The summed E-state index contributed by atoms with van der Waals surface area (Å²) in [5.41, 5.74) is -0.00793. The summed E-state index contributed by atoms with van der Waals surface area (Å²) in [6.07, 6.45) is 1.89. The van der Waals surface area contributed by atoms with Crippen LogP contribution in [0.4, 0.5) is 5.69 Å². The molecule has 0 spiro atoms. The molecule has 0 N–H and O–H groups in total. The predicted octanol–water partition coefficient (Wildman–Crippen LogP) is 3.22. The fourth-order valence-electron chi connectivity index (χ4n) is 2.34. The third kappa shape index (κ3) is 3.11. The molecule has 5 nitrogen and oxygen atoms in total. The van der Waals surface area contributed by atoms with Crippen molar-refractivity contribution in [3.63, 3.8) is 0 Å². The number of ether oxygens (including phenoxy) is 1. The van der Waals surface area contributed by atoms with Crippen LogP contribution in [0.25, 0.3) is 0 Å². The van der Waals surface area contributed by atoms with Crippen molar-refractivity contribution >= 4 is 21.6 Å². The minimum absolute atomic E-state index is 0.0505. The van der Waals surface area contributed by atoms with Gasteiger partial charge in [-0.3, -0.25) is 10.1 Å². The summed E-state index contributed by atoms with van der Waals surface area (Å²) in [5.74, 6) is 0. The molecule has 0 saturated carbocycles. The molecule has 0 bridgehead atoms. The van der Waals surface area contributed by atoms with Crippen molar-refractivity contribution in [1.82, 2.24) is 0 Å². The van der Waals surface area contributed by atoms with Crippen LogP contribution in [0.5, 0.6) is 0 Å². The topological polar surface area (TPSA) is 76.2 Å². The van der Waals surface area contributed by atoms with E-state index in [0.717, 1.165) is 12.8 Å². The van der Waals surface area contributed by atoms with Gasteiger partial charge < -0.3 is 4.74 Å². The summed E-state index contributed by atoms with van der Waals surface area (Å²) >= 11 is 3.23. The molecule has 1 aliphatic rings. The van der Waals surface area contributed by atoms with Gasteiger partial charge in [-0.15, -0.1) is 0 Å². The molecule has 1 unspecified atom stereocenters. The van der Waals surface area contributed by atoms with E-state index in [0.29, 0.717) is 29.7 Å². The summed E-state index contributed by atoms with van der Waals surface area (Å²) in [6, 6.07) is 7.23. The fraction of sp³-hybridized carbons (Fsp3) is 0.462. The molecule has 1 heterocycles. The van der Waals surface area contributed by atoms with E-state index in [1.807, 2.05) is 0 Å². The number of nitriles is 1. The Morgan fingerprint density at radius 1 is 1.58 bits per heavy atom. The van der Waals surface area contributed by atoms with E-state index in [9.17, 15) is 15.4 Å². The molecule has 1 aromatic rings. The average Bonchev–Trinajstić information content (AvgIpc) is 2.42. The highest BCUT2D eigenvalue weighted by Crippen LogP contribution is 2.35. The van der Waals surface area contributed by atoms with Crippen molar-refractivity contribution in [3.05, 3.63) is 38.3 Å². The third-order valence-corrected chi connectivity index (χ3v) is 3.83. The Bertz CT molecular complexity index is 533. The number of nitro benzene ring substituents is 1. The molecule has 0 radical (unpaired) electrons. The van der Waals surface area contributed by atoms with E-state index in [-0.39, 0.29) is 5.69 Å². The van der Waals surface area contributed by atoms with Crippen LogP contribution >= 0.6 is 15.9 Å². The molecular weight excluding hydrogens is 312 g/mol. The van der Waals surface area contributed by atoms with Crippen LogP contribution in [-0.4, -0.2) is 18.1 Å². The standard InChI is InChI=1S/C13H13BrN2O3/c14-11-3-2-10(12(6-11)16(17)18)7-13(8-15)4-1-5-19-9-13/h2-3,6H,1,4-5,7,9H2. The second-order valence-electron chi connectivity index (χ2n) is 4.76. The Kier molecular flexibility index (Phi) is 4.17. The minimum Gasteiger partial charge on any atom is -0.380 e. The van der Waals surface area contributed by atoms with Crippen molar-refractivity contribution in [2.45, 2.75) is 19.3 Å². The highest BCUT2D eigenvalue weighted by atomic mass is 79.9. The molecule has 1 saturated heterocycles.